The zero-order valence-electron chi connectivity index (χ0n) is 12.3. The maximum absolute atomic E-state index is 11.7. The van der Waals surface area contributed by atoms with Gasteiger partial charge in [-0.1, -0.05) is 30.3 Å². The summed E-state index contributed by atoms with van der Waals surface area (Å²) in [6, 6.07) is 9.54. The van der Waals surface area contributed by atoms with Crippen LogP contribution in [0, 0.1) is 6.92 Å². The smallest absolute Gasteiger partial charge is 0.220 e. The molecule has 2 N–H and O–H groups in total. The number of hydrogen-bond acceptors (Lipinski definition) is 4. The van der Waals surface area contributed by atoms with Crippen molar-refractivity contribution in [2.24, 2.45) is 0 Å². The summed E-state index contributed by atoms with van der Waals surface area (Å²) in [6.07, 6.45) is 0.732. The zero-order chi connectivity index (χ0) is 15.2. The number of aliphatic hydroxyl groups excluding tert-OH is 1. The van der Waals surface area contributed by atoms with E-state index in [0.717, 1.165) is 17.0 Å². The summed E-state index contributed by atoms with van der Waals surface area (Å²) >= 11 is 0. The molecule has 0 radical (unpaired) electrons. The van der Waals surface area contributed by atoms with Gasteiger partial charge in [0.2, 0.25) is 5.91 Å². The number of amides is 1. The van der Waals surface area contributed by atoms with E-state index in [1.54, 1.807) is 6.92 Å². The quantitative estimate of drug-likeness (QED) is 0.853. The molecule has 0 bridgehead atoms. The van der Waals surface area contributed by atoms with Gasteiger partial charge in [0.05, 0.1) is 12.3 Å². The molecule has 0 saturated carbocycles. The number of aliphatic hydroxyl groups is 1. The van der Waals surface area contributed by atoms with Gasteiger partial charge in [0.1, 0.15) is 0 Å². The van der Waals surface area contributed by atoms with Crippen LogP contribution in [0.5, 0.6) is 0 Å². The fourth-order valence-electron chi connectivity index (χ4n) is 2.03. The van der Waals surface area contributed by atoms with Crippen LogP contribution >= 0.6 is 0 Å². The molecule has 5 nitrogen and oxygen atoms in total. The van der Waals surface area contributed by atoms with Gasteiger partial charge in [-0.3, -0.25) is 4.79 Å². The Bertz CT molecular complexity index is 593. The minimum absolute atomic E-state index is 0.0675. The highest BCUT2D eigenvalue weighted by Gasteiger charge is 2.13. The van der Waals surface area contributed by atoms with Crippen molar-refractivity contribution in [3.05, 3.63) is 41.9 Å². The second-order valence-corrected chi connectivity index (χ2v) is 5.04. The average Bonchev–Trinajstić information content (AvgIpc) is 2.87. The van der Waals surface area contributed by atoms with Crippen LogP contribution < -0.4 is 5.32 Å². The molecule has 0 fully saturated rings. The molecule has 1 heterocycles. The standard InChI is InChI=1S/C16H20N2O3/c1-11(10-19)17-14(20)8-9-15-18-12(2)16(21-15)13-6-4-3-5-7-13/h3-7,11,19H,8-10H2,1-2H3,(H,17,20). The van der Waals surface area contributed by atoms with Crippen LogP contribution in [0.3, 0.4) is 0 Å². The first-order valence-corrected chi connectivity index (χ1v) is 7.02. The van der Waals surface area contributed by atoms with E-state index in [0.29, 0.717) is 18.7 Å². The molecule has 1 unspecified atom stereocenters. The number of nitrogens with zero attached hydrogens (tertiary/aromatic N) is 1. The monoisotopic (exact) mass is 288 g/mol. The highest BCUT2D eigenvalue weighted by molar-refractivity contribution is 5.76. The summed E-state index contributed by atoms with van der Waals surface area (Å²) in [5, 5.41) is 11.6. The Morgan fingerprint density at radius 3 is 2.76 bits per heavy atom. The zero-order valence-corrected chi connectivity index (χ0v) is 12.3. The summed E-state index contributed by atoms with van der Waals surface area (Å²) in [5.41, 5.74) is 1.80. The van der Waals surface area contributed by atoms with Crippen molar-refractivity contribution < 1.29 is 14.3 Å². The summed E-state index contributed by atoms with van der Waals surface area (Å²) in [7, 11) is 0. The molecule has 5 heteroatoms. The molecule has 1 aromatic heterocycles. The molecule has 0 aliphatic heterocycles. The molecule has 0 aliphatic carbocycles. The topological polar surface area (TPSA) is 75.4 Å². The van der Waals surface area contributed by atoms with Gasteiger partial charge in [-0.25, -0.2) is 4.98 Å². The minimum atomic E-state index is -0.233. The van der Waals surface area contributed by atoms with Crippen molar-refractivity contribution in [2.75, 3.05) is 6.61 Å². The average molecular weight is 288 g/mol. The molecule has 2 rings (SSSR count). The van der Waals surface area contributed by atoms with Crippen molar-refractivity contribution in [1.82, 2.24) is 10.3 Å². The molecule has 21 heavy (non-hydrogen) atoms. The van der Waals surface area contributed by atoms with Gasteiger partial charge in [0.15, 0.2) is 11.7 Å². The van der Waals surface area contributed by atoms with Crippen molar-refractivity contribution in [2.45, 2.75) is 32.7 Å². The molecule has 0 saturated heterocycles. The molecule has 0 aliphatic rings. The van der Waals surface area contributed by atoms with Crippen molar-refractivity contribution in [3.8, 4) is 11.3 Å². The van der Waals surface area contributed by atoms with Gasteiger partial charge in [-0.15, -0.1) is 0 Å². The molecular formula is C16H20N2O3. The van der Waals surface area contributed by atoms with E-state index in [1.807, 2.05) is 37.3 Å². The lowest BCUT2D eigenvalue weighted by Gasteiger charge is -2.09. The molecule has 1 amide bonds. The first-order chi connectivity index (χ1) is 10.1. The normalized spacial score (nSPS) is 12.1. The van der Waals surface area contributed by atoms with Gasteiger partial charge in [0, 0.05) is 24.4 Å². The summed E-state index contributed by atoms with van der Waals surface area (Å²) in [5.74, 6) is 1.18. The molecule has 1 atom stereocenters. The van der Waals surface area contributed by atoms with Gasteiger partial charge < -0.3 is 14.8 Å². The predicted octanol–water partition coefficient (Wildman–Crippen LogP) is 2.08. The van der Waals surface area contributed by atoms with Crippen molar-refractivity contribution in [1.29, 1.82) is 0 Å². The van der Waals surface area contributed by atoms with Gasteiger partial charge >= 0.3 is 0 Å². The first-order valence-electron chi connectivity index (χ1n) is 7.02. The van der Waals surface area contributed by atoms with Gasteiger partial charge in [0.25, 0.3) is 0 Å². The number of rotatable bonds is 6. The van der Waals surface area contributed by atoms with Gasteiger partial charge in [-0.2, -0.15) is 0 Å². The number of aromatic nitrogens is 1. The van der Waals surface area contributed by atoms with E-state index in [9.17, 15) is 4.79 Å². The van der Waals surface area contributed by atoms with Crippen molar-refractivity contribution in [3.63, 3.8) is 0 Å². The third kappa shape index (κ3) is 4.16. The number of hydrogen-bond donors (Lipinski definition) is 2. The van der Waals surface area contributed by atoms with Crippen LogP contribution in [0.15, 0.2) is 34.7 Å². The first kappa shape index (κ1) is 15.3. The number of carbonyl (C=O) groups is 1. The lowest BCUT2D eigenvalue weighted by molar-refractivity contribution is -0.122. The van der Waals surface area contributed by atoms with Gasteiger partial charge in [-0.05, 0) is 13.8 Å². The summed E-state index contributed by atoms with van der Waals surface area (Å²) < 4.78 is 5.74. The number of aryl methyl sites for hydroxylation is 2. The highest BCUT2D eigenvalue weighted by Crippen LogP contribution is 2.24. The lowest BCUT2D eigenvalue weighted by Crippen LogP contribution is -2.35. The van der Waals surface area contributed by atoms with E-state index in [2.05, 4.69) is 10.3 Å². The van der Waals surface area contributed by atoms with E-state index in [4.69, 9.17) is 9.52 Å². The summed E-state index contributed by atoms with van der Waals surface area (Å²) in [4.78, 5) is 16.0. The molecule has 0 spiro atoms. The maximum atomic E-state index is 11.7. The number of oxazole rings is 1. The van der Waals surface area contributed by atoms with Crippen molar-refractivity contribution >= 4 is 5.91 Å². The molecule has 112 valence electrons. The van der Waals surface area contributed by atoms with E-state index < -0.39 is 0 Å². The number of carbonyl (C=O) groups excluding carboxylic acids is 1. The Labute approximate surface area is 124 Å². The summed E-state index contributed by atoms with van der Waals surface area (Å²) in [6.45, 7) is 3.58. The van der Waals surface area contributed by atoms with Crippen LogP contribution in [0.2, 0.25) is 0 Å². The largest absolute Gasteiger partial charge is 0.440 e. The van der Waals surface area contributed by atoms with Crippen LogP contribution in [0.1, 0.15) is 24.9 Å². The molecule has 2 aromatic rings. The Kier molecular flexibility index (Phi) is 5.11. The van der Waals surface area contributed by atoms with E-state index in [-0.39, 0.29) is 18.6 Å². The Balaban J connectivity index is 1.98. The van der Waals surface area contributed by atoms with Crippen LogP contribution in [0.25, 0.3) is 11.3 Å². The SMILES string of the molecule is Cc1nc(CCC(=O)NC(C)CO)oc1-c1ccccc1. The Morgan fingerprint density at radius 1 is 1.38 bits per heavy atom. The van der Waals surface area contributed by atoms with Crippen LogP contribution in [-0.2, 0) is 11.2 Å². The third-order valence-corrected chi connectivity index (χ3v) is 3.12. The van der Waals surface area contributed by atoms with Crippen LogP contribution in [0.4, 0.5) is 0 Å². The maximum Gasteiger partial charge on any atom is 0.220 e. The Morgan fingerprint density at radius 2 is 2.10 bits per heavy atom. The fraction of sp³-hybridized carbons (Fsp3) is 0.375. The highest BCUT2D eigenvalue weighted by atomic mass is 16.4. The second-order valence-electron chi connectivity index (χ2n) is 5.04. The van der Waals surface area contributed by atoms with Crippen LogP contribution in [-0.4, -0.2) is 28.6 Å². The third-order valence-electron chi connectivity index (χ3n) is 3.12. The molecule has 1 aromatic carbocycles. The number of benzene rings is 1. The van der Waals surface area contributed by atoms with E-state index >= 15 is 0 Å². The second kappa shape index (κ2) is 7.04. The molecular weight excluding hydrogens is 268 g/mol. The minimum Gasteiger partial charge on any atom is -0.440 e. The number of nitrogens with one attached hydrogen (secondary N) is 1. The predicted molar refractivity (Wildman–Crippen MR) is 79.7 cm³/mol. The Hall–Kier alpha value is -2.14. The fourth-order valence-corrected chi connectivity index (χ4v) is 2.03. The van der Waals surface area contributed by atoms with E-state index in [1.165, 1.54) is 0 Å². The lowest BCUT2D eigenvalue weighted by atomic mass is 10.1.